The number of carbonyl (C=O) groups excluding carboxylic acids is 4. The predicted molar refractivity (Wildman–Crippen MR) is 84.6 cm³/mol. The molecule has 1 heterocycles. The van der Waals surface area contributed by atoms with E-state index in [0.717, 1.165) is 20.8 Å². The number of hydrogen-bond donors (Lipinski definition) is 2. The van der Waals surface area contributed by atoms with Gasteiger partial charge in [0.15, 0.2) is 18.5 Å². The van der Waals surface area contributed by atoms with E-state index in [9.17, 15) is 24.3 Å². The molecule has 0 aliphatic carbocycles. The molecule has 0 aromatic heterocycles. The number of rotatable bonds is 7. The standard InChI is InChI=1S/C14H20N4O9/c1-6(19)24-5-9-12(25-7(2)20)13(26-8(3)21)11(14(23)27-9)17-10(22)4-16-18-15/h9,11-14,23H,4-5H2,1-3H3,(H,17,22)/t9?,11?,12-,13+,14-/m0/s1. The minimum Gasteiger partial charge on any atom is -0.463 e. The monoisotopic (exact) mass is 388 g/mol. The van der Waals surface area contributed by atoms with E-state index in [1.54, 1.807) is 0 Å². The zero-order chi connectivity index (χ0) is 20.6. The summed E-state index contributed by atoms with van der Waals surface area (Å²) in [5.41, 5.74) is 8.26. The van der Waals surface area contributed by atoms with E-state index in [4.69, 9.17) is 24.5 Å². The third kappa shape index (κ3) is 7.09. The molecule has 0 spiro atoms. The minimum atomic E-state index is -1.70. The van der Waals surface area contributed by atoms with Gasteiger partial charge in [-0.05, 0) is 5.53 Å². The fraction of sp³-hybridized carbons (Fsp3) is 0.714. The molecule has 2 N–H and O–H groups in total. The summed E-state index contributed by atoms with van der Waals surface area (Å²) >= 11 is 0. The summed E-state index contributed by atoms with van der Waals surface area (Å²) < 4.78 is 20.3. The Balaban J connectivity index is 3.12. The molecular weight excluding hydrogens is 368 g/mol. The Kier molecular flexibility index (Phi) is 8.45. The van der Waals surface area contributed by atoms with Crippen molar-refractivity contribution < 1.29 is 43.2 Å². The van der Waals surface area contributed by atoms with Gasteiger partial charge >= 0.3 is 17.9 Å². The summed E-state index contributed by atoms with van der Waals surface area (Å²) in [5, 5.41) is 15.6. The van der Waals surface area contributed by atoms with Crippen LogP contribution in [0.2, 0.25) is 0 Å². The lowest BCUT2D eigenvalue weighted by molar-refractivity contribution is -0.264. The summed E-state index contributed by atoms with van der Waals surface area (Å²) in [7, 11) is 0. The van der Waals surface area contributed by atoms with Gasteiger partial charge in [0.2, 0.25) is 5.91 Å². The lowest BCUT2D eigenvalue weighted by Gasteiger charge is -2.43. The van der Waals surface area contributed by atoms with Gasteiger partial charge in [-0.3, -0.25) is 19.2 Å². The van der Waals surface area contributed by atoms with Crippen LogP contribution in [-0.2, 0) is 38.1 Å². The quantitative estimate of drug-likeness (QED) is 0.180. The number of carbonyl (C=O) groups is 4. The molecule has 2 unspecified atom stereocenters. The van der Waals surface area contributed by atoms with Gasteiger partial charge in [-0.15, -0.1) is 0 Å². The van der Waals surface area contributed by atoms with E-state index in [2.05, 4.69) is 15.3 Å². The predicted octanol–water partition coefficient (Wildman–Crippen LogP) is -1.07. The fourth-order valence-electron chi connectivity index (χ4n) is 2.40. The van der Waals surface area contributed by atoms with Crippen molar-refractivity contribution >= 4 is 23.8 Å². The molecular formula is C14H20N4O9. The van der Waals surface area contributed by atoms with Crippen molar-refractivity contribution in [1.29, 1.82) is 0 Å². The van der Waals surface area contributed by atoms with Crippen molar-refractivity contribution in [1.82, 2.24) is 5.32 Å². The highest BCUT2D eigenvalue weighted by molar-refractivity contribution is 5.78. The van der Waals surface area contributed by atoms with Crippen LogP contribution >= 0.6 is 0 Å². The first kappa shape index (κ1) is 22.2. The highest BCUT2D eigenvalue weighted by Crippen LogP contribution is 2.26. The summed E-state index contributed by atoms with van der Waals surface area (Å²) in [5.74, 6) is -2.99. The lowest BCUT2D eigenvalue weighted by atomic mass is 9.96. The molecule has 0 aromatic carbocycles. The lowest BCUT2D eigenvalue weighted by Crippen LogP contribution is -2.66. The van der Waals surface area contributed by atoms with Crippen molar-refractivity contribution in [3.05, 3.63) is 10.4 Å². The average molecular weight is 388 g/mol. The topological polar surface area (TPSA) is 186 Å². The van der Waals surface area contributed by atoms with Crippen LogP contribution in [0.5, 0.6) is 0 Å². The van der Waals surface area contributed by atoms with Gasteiger partial charge in [0.25, 0.3) is 0 Å². The molecule has 1 amide bonds. The number of esters is 3. The molecule has 0 saturated carbocycles. The Morgan fingerprint density at radius 2 is 1.70 bits per heavy atom. The first-order chi connectivity index (χ1) is 12.6. The first-order valence-electron chi connectivity index (χ1n) is 7.77. The van der Waals surface area contributed by atoms with Crippen molar-refractivity contribution in [2.75, 3.05) is 13.2 Å². The number of nitrogens with one attached hydrogen (secondary N) is 1. The Labute approximate surface area is 153 Å². The maximum atomic E-state index is 11.8. The number of azide groups is 1. The Morgan fingerprint density at radius 1 is 1.11 bits per heavy atom. The van der Waals surface area contributed by atoms with Crippen LogP contribution < -0.4 is 5.32 Å². The second-order valence-corrected chi connectivity index (χ2v) is 5.50. The Morgan fingerprint density at radius 3 is 2.22 bits per heavy atom. The normalized spacial score (nSPS) is 26.9. The maximum Gasteiger partial charge on any atom is 0.303 e. The largest absolute Gasteiger partial charge is 0.463 e. The van der Waals surface area contributed by atoms with Crippen molar-refractivity contribution in [3.8, 4) is 0 Å². The van der Waals surface area contributed by atoms with E-state index >= 15 is 0 Å². The number of aliphatic hydroxyl groups excluding tert-OH is 1. The molecule has 1 fully saturated rings. The minimum absolute atomic E-state index is 0.401. The highest BCUT2D eigenvalue weighted by atomic mass is 16.7. The number of hydrogen-bond acceptors (Lipinski definition) is 10. The van der Waals surface area contributed by atoms with Gasteiger partial charge in [-0.1, -0.05) is 5.11 Å². The molecule has 1 aliphatic heterocycles. The first-order valence-corrected chi connectivity index (χ1v) is 7.77. The summed E-state index contributed by atoms with van der Waals surface area (Å²) in [4.78, 5) is 48.2. The van der Waals surface area contributed by atoms with Crippen LogP contribution in [0.1, 0.15) is 20.8 Å². The summed E-state index contributed by atoms with van der Waals surface area (Å²) in [6, 6.07) is -1.34. The molecule has 1 aliphatic rings. The second-order valence-electron chi connectivity index (χ2n) is 5.50. The highest BCUT2D eigenvalue weighted by Gasteiger charge is 2.50. The summed E-state index contributed by atoms with van der Waals surface area (Å²) in [6.45, 7) is 2.33. The smallest absolute Gasteiger partial charge is 0.303 e. The van der Waals surface area contributed by atoms with Crippen molar-refractivity contribution in [2.24, 2.45) is 5.11 Å². The molecule has 27 heavy (non-hydrogen) atoms. The van der Waals surface area contributed by atoms with Gasteiger partial charge < -0.3 is 29.4 Å². The third-order valence-corrected chi connectivity index (χ3v) is 3.33. The van der Waals surface area contributed by atoms with Gasteiger partial charge in [-0.2, -0.15) is 0 Å². The van der Waals surface area contributed by atoms with Crippen molar-refractivity contribution in [2.45, 2.75) is 51.4 Å². The number of aliphatic hydroxyl groups is 1. The zero-order valence-electron chi connectivity index (χ0n) is 14.9. The third-order valence-electron chi connectivity index (χ3n) is 3.33. The fourth-order valence-corrected chi connectivity index (χ4v) is 2.40. The molecule has 5 atom stereocenters. The Hall–Kier alpha value is -2.89. The van der Waals surface area contributed by atoms with Crippen LogP contribution in [0.25, 0.3) is 10.4 Å². The van der Waals surface area contributed by atoms with Gasteiger partial charge in [0.05, 0.1) is 0 Å². The van der Waals surface area contributed by atoms with Crippen LogP contribution in [-0.4, -0.2) is 72.7 Å². The number of nitrogens with zero attached hydrogens (tertiary/aromatic N) is 3. The maximum absolute atomic E-state index is 11.8. The second kappa shape index (κ2) is 10.3. The zero-order valence-corrected chi connectivity index (χ0v) is 14.9. The van der Waals surface area contributed by atoms with Gasteiger partial charge in [0.1, 0.15) is 25.3 Å². The number of ether oxygens (including phenoxy) is 4. The van der Waals surface area contributed by atoms with E-state index in [0.29, 0.717) is 0 Å². The Bertz CT molecular complexity index is 634. The number of amides is 1. The average Bonchev–Trinajstić information content (AvgIpc) is 2.56. The van der Waals surface area contributed by atoms with Gasteiger partial charge in [0, 0.05) is 25.7 Å². The SMILES string of the molecule is CC(=O)OCC1O[C@H](O)C(NC(=O)CN=[N+]=[N-])[C@@H](OC(C)=O)[C@H]1OC(C)=O. The summed E-state index contributed by atoms with van der Waals surface area (Å²) in [6.07, 6.45) is -5.51. The molecule has 13 nitrogen and oxygen atoms in total. The van der Waals surface area contributed by atoms with Crippen molar-refractivity contribution in [3.63, 3.8) is 0 Å². The van der Waals surface area contributed by atoms with E-state index in [1.165, 1.54) is 0 Å². The van der Waals surface area contributed by atoms with Crippen LogP contribution in [0.15, 0.2) is 5.11 Å². The van der Waals surface area contributed by atoms with Gasteiger partial charge in [-0.25, -0.2) is 0 Å². The molecule has 0 bridgehead atoms. The molecule has 0 aromatic rings. The van der Waals surface area contributed by atoms with Crippen LogP contribution in [0, 0.1) is 0 Å². The van der Waals surface area contributed by atoms with E-state index < -0.39 is 67.6 Å². The van der Waals surface area contributed by atoms with E-state index in [-0.39, 0.29) is 0 Å². The van der Waals surface area contributed by atoms with Crippen LogP contribution in [0.4, 0.5) is 0 Å². The molecule has 1 saturated heterocycles. The molecule has 150 valence electrons. The molecule has 13 heteroatoms. The molecule has 0 radical (unpaired) electrons. The van der Waals surface area contributed by atoms with E-state index in [1.807, 2.05) is 0 Å². The molecule has 1 rings (SSSR count). The van der Waals surface area contributed by atoms with Crippen LogP contribution in [0.3, 0.4) is 0 Å².